The molecule has 0 aliphatic heterocycles. The maximum absolute atomic E-state index is 12.0. The summed E-state index contributed by atoms with van der Waals surface area (Å²) in [6.07, 6.45) is 1.03. The number of rotatable bonds is 6. The molecule has 2 amide bonds. The van der Waals surface area contributed by atoms with Crippen molar-refractivity contribution in [2.24, 2.45) is 5.92 Å². The largest absolute Gasteiger partial charge is 0.497 e. The highest BCUT2D eigenvalue weighted by Gasteiger charge is 2.11. The number of carbonyl (C=O) groups is 1. The van der Waals surface area contributed by atoms with Crippen molar-refractivity contribution in [1.29, 1.82) is 0 Å². The minimum Gasteiger partial charge on any atom is -0.497 e. The van der Waals surface area contributed by atoms with E-state index in [-0.39, 0.29) is 6.03 Å². The molecule has 1 atom stereocenters. The Morgan fingerprint density at radius 2 is 2.04 bits per heavy atom. The fourth-order valence-corrected chi connectivity index (χ4v) is 2.66. The molecule has 2 aromatic carbocycles. The molecule has 6 nitrogen and oxygen atoms in total. The fourth-order valence-electron chi connectivity index (χ4n) is 2.66. The predicted molar refractivity (Wildman–Crippen MR) is 105 cm³/mol. The Morgan fingerprint density at radius 3 is 2.81 bits per heavy atom. The molecule has 1 aromatic heterocycles. The molecule has 3 aromatic rings. The maximum atomic E-state index is 12.0. The molecule has 3 rings (SSSR count). The van der Waals surface area contributed by atoms with E-state index in [9.17, 15) is 4.79 Å². The normalized spacial score (nSPS) is 12.0. The van der Waals surface area contributed by atoms with Crippen LogP contribution in [0.5, 0.6) is 5.75 Å². The molecule has 0 fully saturated rings. The number of urea groups is 1. The molecule has 0 radical (unpaired) electrons. The summed E-state index contributed by atoms with van der Waals surface area (Å²) in [5.74, 6) is 1.79. The van der Waals surface area contributed by atoms with Crippen molar-refractivity contribution in [3.05, 3.63) is 42.5 Å². The van der Waals surface area contributed by atoms with E-state index in [1.54, 1.807) is 7.11 Å². The van der Waals surface area contributed by atoms with E-state index in [2.05, 4.69) is 34.7 Å². The van der Waals surface area contributed by atoms with Crippen LogP contribution >= 0.6 is 0 Å². The van der Waals surface area contributed by atoms with Crippen molar-refractivity contribution in [2.45, 2.75) is 20.3 Å². The molecular weight excluding hydrogens is 328 g/mol. The number of methoxy groups -OCH3 is 1. The van der Waals surface area contributed by atoms with Gasteiger partial charge in [0.15, 0.2) is 5.82 Å². The Bertz CT molecular complexity index is 904. The number of nitrogens with one attached hydrogen (secondary N) is 3. The van der Waals surface area contributed by atoms with Crippen molar-refractivity contribution in [1.82, 2.24) is 15.5 Å². The number of hydrogen-bond acceptors (Lipinski definition) is 3. The second kappa shape index (κ2) is 7.91. The van der Waals surface area contributed by atoms with E-state index in [4.69, 9.17) is 4.74 Å². The minimum absolute atomic E-state index is 0.240. The van der Waals surface area contributed by atoms with Gasteiger partial charge >= 0.3 is 6.03 Å². The van der Waals surface area contributed by atoms with Crippen LogP contribution in [-0.2, 0) is 0 Å². The van der Waals surface area contributed by atoms with Gasteiger partial charge in [-0.05, 0) is 41.3 Å². The average molecular weight is 352 g/mol. The first kappa shape index (κ1) is 17.8. The van der Waals surface area contributed by atoms with Gasteiger partial charge in [0.2, 0.25) is 0 Å². The monoisotopic (exact) mass is 352 g/mol. The van der Waals surface area contributed by atoms with Gasteiger partial charge in [-0.2, -0.15) is 5.10 Å². The molecule has 26 heavy (non-hydrogen) atoms. The number of hydrogen-bond donors (Lipinski definition) is 3. The molecule has 0 aliphatic carbocycles. The number of amides is 2. The van der Waals surface area contributed by atoms with Crippen LogP contribution in [0.15, 0.2) is 42.5 Å². The van der Waals surface area contributed by atoms with Crippen molar-refractivity contribution in [3.8, 4) is 16.9 Å². The summed E-state index contributed by atoms with van der Waals surface area (Å²) < 4.78 is 5.28. The topological polar surface area (TPSA) is 79.0 Å². The lowest BCUT2D eigenvalue weighted by Gasteiger charge is -2.10. The van der Waals surface area contributed by atoms with E-state index in [1.165, 1.54) is 0 Å². The molecular formula is C20H24N4O2. The van der Waals surface area contributed by atoms with Crippen molar-refractivity contribution < 1.29 is 9.53 Å². The lowest BCUT2D eigenvalue weighted by atomic mass is 10.0. The minimum atomic E-state index is -0.240. The summed E-state index contributed by atoms with van der Waals surface area (Å²) in [5, 5.41) is 13.8. The third-order valence-corrected chi connectivity index (χ3v) is 4.51. The number of fused-ring (bicyclic) bond motifs is 1. The first-order valence-electron chi connectivity index (χ1n) is 8.78. The fraction of sp³-hybridized carbons (Fsp3) is 0.300. The molecule has 0 saturated heterocycles. The summed E-state index contributed by atoms with van der Waals surface area (Å²) in [6, 6.07) is 13.6. The zero-order valence-electron chi connectivity index (χ0n) is 15.3. The number of H-pyrrole nitrogens is 1. The zero-order valence-corrected chi connectivity index (χ0v) is 15.3. The Balaban J connectivity index is 1.77. The second-order valence-corrected chi connectivity index (χ2v) is 6.41. The van der Waals surface area contributed by atoms with Crippen LogP contribution in [-0.4, -0.2) is 29.9 Å². The van der Waals surface area contributed by atoms with Gasteiger partial charge in [0.1, 0.15) is 5.75 Å². The van der Waals surface area contributed by atoms with E-state index in [1.807, 2.05) is 42.5 Å². The van der Waals surface area contributed by atoms with Gasteiger partial charge in [0, 0.05) is 11.9 Å². The van der Waals surface area contributed by atoms with Gasteiger partial charge in [0.05, 0.1) is 12.6 Å². The standard InChI is InChI=1S/C20H24N4O2/c1-4-13(2)12-21-20(25)22-19-17-9-8-15(11-18(17)23-24-19)14-6-5-7-16(10-14)26-3/h5-11,13H,4,12H2,1-3H3,(H3,21,22,23,24,25). The number of nitrogens with zero attached hydrogens (tertiary/aromatic N) is 1. The maximum Gasteiger partial charge on any atom is 0.320 e. The first-order chi connectivity index (χ1) is 12.6. The van der Waals surface area contributed by atoms with Crippen LogP contribution in [0.2, 0.25) is 0 Å². The Labute approximate surface area is 152 Å². The molecule has 1 heterocycles. The molecule has 1 unspecified atom stereocenters. The van der Waals surface area contributed by atoms with Crippen molar-refractivity contribution >= 4 is 22.8 Å². The van der Waals surface area contributed by atoms with Gasteiger partial charge in [-0.25, -0.2) is 4.79 Å². The molecule has 0 saturated carbocycles. The van der Waals surface area contributed by atoms with E-state index in [0.717, 1.165) is 34.2 Å². The van der Waals surface area contributed by atoms with Crippen LogP contribution in [0.1, 0.15) is 20.3 Å². The third kappa shape index (κ3) is 3.96. The summed E-state index contributed by atoms with van der Waals surface area (Å²) >= 11 is 0. The SMILES string of the molecule is CCC(C)CNC(=O)Nc1n[nH]c2cc(-c3cccc(OC)c3)ccc12. The Morgan fingerprint density at radius 1 is 1.23 bits per heavy atom. The number of carbonyl (C=O) groups excluding carboxylic acids is 1. The number of benzene rings is 2. The van der Waals surface area contributed by atoms with Crippen molar-refractivity contribution in [3.63, 3.8) is 0 Å². The number of ether oxygens (including phenoxy) is 1. The second-order valence-electron chi connectivity index (χ2n) is 6.41. The van der Waals surface area contributed by atoms with Crippen LogP contribution in [0.3, 0.4) is 0 Å². The Hall–Kier alpha value is -3.02. The van der Waals surface area contributed by atoms with E-state index >= 15 is 0 Å². The highest BCUT2D eigenvalue weighted by molar-refractivity contribution is 6.00. The van der Waals surface area contributed by atoms with Crippen LogP contribution in [0, 0.1) is 5.92 Å². The lowest BCUT2D eigenvalue weighted by molar-refractivity contribution is 0.250. The summed E-state index contributed by atoms with van der Waals surface area (Å²) in [5.41, 5.74) is 2.97. The van der Waals surface area contributed by atoms with Gasteiger partial charge in [0.25, 0.3) is 0 Å². The molecule has 0 bridgehead atoms. The summed E-state index contributed by atoms with van der Waals surface area (Å²) in [6.45, 7) is 4.85. The molecule has 136 valence electrons. The Kier molecular flexibility index (Phi) is 5.41. The van der Waals surface area contributed by atoms with E-state index < -0.39 is 0 Å². The van der Waals surface area contributed by atoms with Gasteiger partial charge in [-0.1, -0.05) is 38.5 Å². The predicted octanol–water partition coefficient (Wildman–Crippen LogP) is 4.41. The van der Waals surface area contributed by atoms with Gasteiger partial charge in [-0.15, -0.1) is 0 Å². The zero-order chi connectivity index (χ0) is 18.5. The highest BCUT2D eigenvalue weighted by Crippen LogP contribution is 2.28. The lowest BCUT2D eigenvalue weighted by Crippen LogP contribution is -2.32. The average Bonchev–Trinajstić information content (AvgIpc) is 3.08. The number of aromatic amines is 1. The quantitative estimate of drug-likeness (QED) is 0.615. The van der Waals surface area contributed by atoms with Crippen LogP contribution in [0.4, 0.5) is 10.6 Å². The molecule has 3 N–H and O–H groups in total. The number of anilines is 1. The van der Waals surface area contributed by atoms with Gasteiger partial charge < -0.3 is 10.1 Å². The highest BCUT2D eigenvalue weighted by atomic mass is 16.5. The smallest absolute Gasteiger partial charge is 0.320 e. The molecule has 0 aliphatic rings. The van der Waals surface area contributed by atoms with Crippen LogP contribution in [0.25, 0.3) is 22.0 Å². The third-order valence-electron chi connectivity index (χ3n) is 4.51. The number of aromatic nitrogens is 2. The van der Waals surface area contributed by atoms with Crippen molar-refractivity contribution in [2.75, 3.05) is 19.0 Å². The summed E-state index contributed by atoms with van der Waals surface area (Å²) in [7, 11) is 1.65. The van der Waals surface area contributed by atoms with Gasteiger partial charge in [-0.3, -0.25) is 10.4 Å². The summed E-state index contributed by atoms with van der Waals surface area (Å²) in [4.78, 5) is 12.0. The first-order valence-corrected chi connectivity index (χ1v) is 8.78. The molecule has 0 spiro atoms. The van der Waals surface area contributed by atoms with Crippen LogP contribution < -0.4 is 15.4 Å². The molecule has 6 heteroatoms. The van der Waals surface area contributed by atoms with E-state index in [0.29, 0.717) is 18.3 Å².